The van der Waals surface area contributed by atoms with Gasteiger partial charge in [-0.3, -0.25) is 0 Å². The summed E-state index contributed by atoms with van der Waals surface area (Å²) in [6.07, 6.45) is 3.96. The molecule has 4 aromatic rings. The molecular formula is C20H18N4S2. The lowest BCUT2D eigenvalue weighted by atomic mass is 10.2. The predicted octanol–water partition coefficient (Wildman–Crippen LogP) is 5.77. The molecule has 0 atom stereocenters. The number of aromatic nitrogens is 3. The third-order valence-corrected chi connectivity index (χ3v) is 5.59. The fourth-order valence-corrected chi connectivity index (χ4v) is 3.96. The van der Waals surface area contributed by atoms with Crippen molar-refractivity contribution in [1.82, 2.24) is 14.8 Å². The Hall–Kier alpha value is -2.57. The highest BCUT2D eigenvalue weighted by Gasteiger charge is 2.13. The summed E-state index contributed by atoms with van der Waals surface area (Å²) in [5, 5.41) is 10.9. The van der Waals surface area contributed by atoms with Gasteiger partial charge in [0, 0.05) is 21.5 Å². The van der Waals surface area contributed by atoms with Gasteiger partial charge in [0.2, 0.25) is 0 Å². The van der Waals surface area contributed by atoms with Crippen molar-refractivity contribution in [2.45, 2.75) is 11.8 Å². The van der Waals surface area contributed by atoms with Gasteiger partial charge >= 0.3 is 0 Å². The molecule has 0 spiro atoms. The van der Waals surface area contributed by atoms with Crippen molar-refractivity contribution in [2.75, 3.05) is 11.6 Å². The number of nitrogens with zero attached hydrogens (tertiary/aromatic N) is 3. The summed E-state index contributed by atoms with van der Waals surface area (Å²) in [5.41, 5.74) is 5.18. The molecular weight excluding hydrogens is 360 g/mol. The minimum Gasteiger partial charge on any atom is -0.332 e. The second-order valence-electron chi connectivity index (χ2n) is 5.79. The zero-order valence-electron chi connectivity index (χ0n) is 14.5. The highest BCUT2D eigenvalue weighted by atomic mass is 32.2. The number of nitrogens with one attached hydrogen (secondary N) is 1. The average Bonchev–Trinajstić information content (AvgIpc) is 3.29. The van der Waals surface area contributed by atoms with Crippen LogP contribution in [0.5, 0.6) is 0 Å². The maximum absolute atomic E-state index is 4.75. The number of hydrogen-bond acceptors (Lipinski definition) is 5. The van der Waals surface area contributed by atoms with E-state index in [1.165, 1.54) is 4.90 Å². The van der Waals surface area contributed by atoms with Crippen molar-refractivity contribution in [3.05, 3.63) is 71.9 Å². The molecule has 0 aliphatic carbocycles. The van der Waals surface area contributed by atoms with Crippen LogP contribution in [-0.2, 0) is 0 Å². The van der Waals surface area contributed by atoms with Crippen LogP contribution in [0.15, 0.2) is 71.1 Å². The number of para-hydroxylation sites is 1. The topological polar surface area (TPSA) is 42.7 Å². The van der Waals surface area contributed by atoms with E-state index >= 15 is 0 Å². The van der Waals surface area contributed by atoms with Gasteiger partial charge in [-0.2, -0.15) is 5.10 Å². The van der Waals surface area contributed by atoms with Crippen molar-refractivity contribution in [3.63, 3.8) is 0 Å². The number of benzene rings is 2. The lowest BCUT2D eigenvalue weighted by molar-refractivity contribution is 0.847. The molecule has 0 amide bonds. The van der Waals surface area contributed by atoms with Crippen LogP contribution in [0.1, 0.15) is 5.69 Å². The standard InChI is InChI=1S/C20H18N4S2/c1-14-18(12-21-24(14)16-8-4-3-5-9-16)19-13-26-20(23-19)22-15-7-6-10-17(11-15)25-2/h3-13H,1-2H3,(H,22,23). The normalized spacial score (nSPS) is 10.8. The first kappa shape index (κ1) is 16.9. The third kappa shape index (κ3) is 3.38. The van der Waals surface area contributed by atoms with Crippen molar-refractivity contribution < 1.29 is 0 Å². The van der Waals surface area contributed by atoms with Crippen molar-refractivity contribution in [3.8, 4) is 16.9 Å². The molecule has 6 heteroatoms. The molecule has 4 nitrogen and oxygen atoms in total. The van der Waals surface area contributed by atoms with Gasteiger partial charge in [0.25, 0.3) is 0 Å². The van der Waals surface area contributed by atoms with Crippen LogP contribution in [0, 0.1) is 6.92 Å². The SMILES string of the molecule is CSc1cccc(Nc2nc(-c3cnn(-c4ccccc4)c3C)cs2)c1. The van der Waals surface area contributed by atoms with Crippen LogP contribution in [0.25, 0.3) is 16.9 Å². The second kappa shape index (κ2) is 7.35. The van der Waals surface area contributed by atoms with E-state index in [9.17, 15) is 0 Å². The summed E-state index contributed by atoms with van der Waals surface area (Å²) < 4.78 is 1.95. The molecule has 0 saturated heterocycles. The van der Waals surface area contributed by atoms with E-state index in [-0.39, 0.29) is 0 Å². The monoisotopic (exact) mass is 378 g/mol. The first-order chi connectivity index (χ1) is 12.7. The van der Waals surface area contributed by atoms with Gasteiger partial charge < -0.3 is 5.32 Å². The Bertz CT molecular complexity index is 1020. The zero-order valence-corrected chi connectivity index (χ0v) is 16.1. The summed E-state index contributed by atoms with van der Waals surface area (Å²) in [7, 11) is 0. The Kier molecular flexibility index (Phi) is 4.77. The molecule has 0 radical (unpaired) electrons. The van der Waals surface area contributed by atoms with Crippen LogP contribution in [0.3, 0.4) is 0 Å². The van der Waals surface area contributed by atoms with Crippen LogP contribution in [0.2, 0.25) is 0 Å². The van der Waals surface area contributed by atoms with E-state index in [2.05, 4.69) is 65.4 Å². The quantitative estimate of drug-likeness (QED) is 0.448. The third-order valence-electron chi connectivity index (χ3n) is 4.11. The molecule has 0 aliphatic heterocycles. The van der Waals surface area contributed by atoms with Crippen LogP contribution >= 0.6 is 23.1 Å². The number of rotatable bonds is 5. The van der Waals surface area contributed by atoms with E-state index in [1.54, 1.807) is 23.1 Å². The number of hydrogen-bond donors (Lipinski definition) is 1. The fraction of sp³-hybridized carbons (Fsp3) is 0.100. The fourth-order valence-electron chi connectivity index (χ4n) is 2.77. The number of thioether (sulfide) groups is 1. The van der Waals surface area contributed by atoms with Gasteiger partial charge in [0.1, 0.15) is 0 Å². The molecule has 0 bridgehead atoms. The molecule has 2 aromatic carbocycles. The van der Waals surface area contributed by atoms with Gasteiger partial charge in [-0.15, -0.1) is 23.1 Å². The maximum atomic E-state index is 4.75. The summed E-state index contributed by atoms with van der Waals surface area (Å²) >= 11 is 3.33. The minimum absolute atomic E-state index is 0.880. The van der Waals surface area contributed by atoms with Crippen LogP contribution < -0.4 is 5.32 Å². The van der Waals surface area contributed by atoms with Crippen LogP contribution in [-0.4, -0.2) is 21.0 Å². The van der Waals surface area contributed by atoms with Gasteiger partial charge in [0.15, 0.2) is 5.13 Å². The van der Waals surface area contributed by atoms with Crippen molar-refractivity contribution in [2.24, 2.45) is 0 Å². The Morgan fingerprint density at radius 2 is 1.92 bits per heavy atom. The molecule has 26 heavy (non-hydrogen) atoms. The van der Waals surface area contributed by atoms with Crippen molar-refractivity contribution >= 4 is 33.9 Å². The molecule has 0 saturated carbocycles. The highest BCUT2D eigenvalue weighted by molar-refractivity contribution is 7.98. The summed E-state index contributed by atoms with van der Waals surface area (Å²) in [6, 6.07) is 18.5. The van der Waals surface area contributed by atoms with Crippen LogP contribution in [0.4, 0.5) is 10.8 Å². The first-order valence-electron chi connectivity index (χ1n) is 8.21. The second-order valence-corrected chi connectivity index (χ2v) is 7.52. The number of anilines is 2. The Morgan fingerprint density at radius 1 is 1.08 bits per heavy atom. The van der Waals surface area contributed by atoms with E-state index in [4.69, 9.17) is 4.98 Å². The smallest absolute Gasteiger partial charge is 0.187 e. The summed E-state index contributed by atoms with van der Waals surface area (Å²) in [6.45, 7) is 2.07. The Labute approximate surface area is 160 Å². The summed E-state index contributed by atoms with van der Waals surface area (Å²) in [5.74, 6) is 0. The molecule has 0 aliphatic rings. The Morgan fingerprint density at radius 3 is 2.73 bits per heavy atom. The van der Waals surface area contributed by atoms with Crippen molar-refractivity contribution in [1.29, 1.82) is 0 Å². The lowest BCUT2D eigenvalue weighted by Crippen LogP contribution is -1.98. The van der Waals surface area contributed by atoms with Gasteiger partial charge in [-0.25, -0.2) is 9.67 Å². The zero-order chi connectivity index (χ0) is 17.9. The van der Waals surface area contributed by atoms with E-state index < -0.39 is 0 Å². The molecule has 2 aromatic heterocycles. The molecule has 1 N–H and O–H groups in total. The van der Waals surface area contributed by atoms with Gasteiger partial charge in [0.05, 0.1) is 23.3 Å². The highest BCUT2D eigenvalue weighted by Crippen LogP contribution is 2.30. The molecule has 130 valence electrons. The maximum Gasteiger partial charge on any atom is 0.187 e. The first-order valence-corrected chi connectivity index (χ1v) is 10.3. The van der Waals surface area contributed by atoms with Gasteiger partial charge in [-0.1, -0.05) is 24.3 Å². The van der Waals surface area contributed by atoms with E-state index in [0.29, 0.717) is 0 Å². The lowest BCUT2D eigenvalue weighted by Gasteiger charge is -2.05. The van der Waals surface area contributed by atoms with E-state index in [1.807, 2.05) is 29.1 Å². The number of thiazole rings is 1. The largest absolute Gasteiger partial charge is 0.332 e. The predicted molar refractivity (Wildman–Crippen MR) is 111 cm³/mol. The minimum atomic E-state index is 0.880. The van der Waals surface area contributed by atoms with Gasteiger partial charge in [-0.05, 0) is 43.5 Å². The summed E-state index contributed by atoms with van der Waals surface area (Å²) in [4.78, 5) is 5.97. The molecule has 4 rings (SSSR count). The molecule has 2 heterocycles. The molecule has 0 fully saturated rings. The molecule has 0 unspecified atom stereocenters. The Balaban J connectivity index is 1.59. The average molecular weight is 379 g/mol. The van der Waals surface area contributed by atoms with E-state index in [0.717, 1.165) is 33.5 Å².